The minimum Gasteiger partial charge on any atom is -0.392 e. The number of rotatable bonds is 7. The Morgan fingerprint density at radius 2 is 1.83 bits per heavy atom. The molecule has 2 saturated carbocycles. The average molecular weight is 405 g/mol. The summed E-state index contributed by atoms with van der Waals surface area (Å²) in [6.07, 6.45) is 4.52. The van der Waals surface area contributed by atoms with E-state index in [2.05, 4.69) is 30.6 Å². The van der Waals surface area contributed by atoms with Crippen molar-refractivity contribution >= 4 is 5.69 Å². The van der Waals surface area contributed by atoms with Crippen molar-refractivity contribution in [1.29, 1.82) is 0 Å². The Balaban J connectivity index is 1.17. The summed E-state index contributed by atoms with van der Waals surface area (Å²) < 4.78 is 19.4. The first kappa shape index (κ1) is 21.1. The Morgan fingerprint density at radius 1 is 1.14 bits per heavy atom. The van der Waals surface area contributed by atoms with Crippen LogP contribution in [0, 0.1) is 22.6 Å². The lowest BCUT2D eigenvalue weighted by molar-refractivity contribution is -0.0564. The van der Waals surface area contributed by atoms with E-state index in [9.17, 15) is 9.50 Å². The van der Waals surface area contributed by atoms with Gasteiger partial charge in [0.15, 0.2) is 0 Å². The predicted octanol–water partition coefficient (Wildman–Crippen LogP) is 3.93. The molecule has 3 fully saturated rings. The molecule has 0 aromatic heterocycles. The Morgan fingerprint density at radius 3 is 2.41 bits per heavy atom. The molecule has 3 aliphatic rings. The van der Waals surface area contributed by atoms with Gasteiger partial charge in [-0.25, -0.2) is 4.39 Å². The number of β-amino-alcohol motifs (C(OH)–C–C–N with tert-alkyl or cyclic N) is 1. The first-order chi connectivity index (χ1) is 13.8. The lowest BCUT2D eigenvalue weighted by atomic mass is 9.70. The van der Waals surface area contributed by atoms with Gasteiger partial charge in [-0.1, -0.05) is 20.8 Å². The normalized spacial score (nSPS) is 32.7. The molecular formula is C24H37FN2O2. The summed E-state index contributed by atoms with van der Waals surface area (Å²) in [4.78, 5) is 4.61. The van der Waals surface area contributed by atoms with Crippen LogP contribution in [-0.4, -0.2) is 61.5 Å². The summed E-state index contributed by atoms with van der Waals surface area (Å²) in [6, 6.07) is 6.72. The number of nitrogens with zero attached hydrogens (tertiary/aromatic N) is 2. The number of piperazine rings is 1. The van der Waals surface area contributed by atoms with Crippen molar-refractivity contribution in [2.75, 3.05) is 44.2 Å². The molecule has 162 valence electrons. The fourth-order valence-corrected chi connectivity index (χ4v) is 5.96. The molecule has 29 heavy (non-hydrogen) atoms. The fraction of sp³-hybridized carbons (Fsp3) is 0.750. The number of ether oxygens (including phenoxy) is 1. The third-order valence-corrected chi connectivity index (χ3v) is 8.52. The standard InChI is InChI=1S/C24H37FN2O2/c1-23(2)18-8-10-24(23,3)22(16-18)29-15-9-21(28)17-26-11-13-27(14-12-26)20-6-4-19(25)5-7-20/h4-7,18,21-22,28H,8-17H2,1-3H3/t18-,21-,22-,24-/m0/s1. The molecule has 0 spiro atoms. The van der Waals surface area contributed by atoms with Crippen molar-refractivity contribution in [1.82, 2.24) is 4.90 Å². The highest BCUT2D eigenvalue weighted by molar-refractivity contribution is 5.46. The van der Waals surface area contributed by atoms with E-state index in [4.69, 9.17) is 4.74 Å². The van der Waals surface area contributed by atoms with Crippen molar-refractivity contribution in [2.24, 2.45) is 16.7 Å². The molecule has 1 aromatic rings. The lowest BCUT2D eigenvalue weighted by Crippen LogP contribution is -2.48. The molecule has 1 saturated heterocycles. The molecule has 4 nitrogen and oxygen atoms in total. The molecule has 1 N–H and O–H groups in total. The first-order valence-electron chi connectivity index (χ1n) is 11.3. The summed E-state index contributed by atoms with van der Waals surface area (Å²) in [5.41, 5.74) is 1.74. The van der Waals surface area contributed by atoms with Crippen LogP contribution in [0.3, 0.4) is 0 Å². The topological polar surface area (TPSA) is 35.9 Å². The number of hydrogen-bond acceptors (Lipinski definition) is 4. The zero-order chi connectivity index (χ0) is 20.6. The molecule has 4 rings (SSSR count). The number of benzene rings is 1. The van der Waals surface area contributed by atoms with E-state index in [-0.39, 0.29) is 11.9 Å². The minimum absolute atomic E-state index is 0.194. The van der Waals surface area contributed by atoms with Crippen LogP contribution in [0.2, 0.25) is 0 Å². The van der Waals surface area contributed by atoms with Crippen molar-refractivity contribution in [3.05, 3.63) is 30.1 Å². The summed E-state index contributed by atoms with van der Waals surface area (Å²) in [7, 11) is 0. The van der Waals surface area contributed by atoms with Crippen LogP contribution in [0.25, 0.3) is 0 Å². The predicted molar refractivity (Wildman–Crippen MR) is 115 cm³/mol. The van der Waals surface area contributed by atoms with E-state index in [1.807, 2.05) is 12.1 Å². The van der Waals surface area contributed by atoms with Gasteiger partial charge in [0.1, 0.15) is 5.82 Å². The van der Waals surface area contributed by atoms with E-state index in [1.165, 1.54) is 31.4 Å². The van der Waals surface area contributed by atoms with E-state index in [0.29, 0.717) is 36.5 Å². The second kappa shape index (κ2) is 8.16. The molecule has 5 heteroatoms. The highest BCUT2D eigenvalue weighted by atomic mass is 19.1. The van der Waals surface area contributed by atoms with Gasteiger partial charge in [0, 0.05) is 45.0 Å². The summed E-state index contributed by atoms with van der Waals surface area (Å²) in [6.45, 7) is 12.2. The van der Waals surface area contributed by atoms with Crippen LogP contribution in [-0.2, 0) is 4.74 Å². The van der Waals surface area contributed by atoms with E-state index >= 15 is 0 Å². The van der Waals surface area contributed by atoms with Crippen molar-refractivity contribution < 1.29 is 14.2 Å². The Bertz CT molecular complexity index is 687. The SMILES string of the molecule is CC1(C)[C@H]2CC[C@@]1(C)[C@@H](OCC[C@H](O)CN1CCN(c3ccc(F)cc3)CC1)C2. The summed E-state index contributed by atoms with van der Waals surface area (Å²) >= 11 is 0. The molecule has 0 unspecified atom stereocenters. The second-order valence-corrected chi connectivity index (χ2v) is 10.2. The number of fused-ring (bicyclic) bond motifs is 2. The summed E-state index contributed by atoms with van der Waals surface area (Å²) in [5, 5.41) is 10.5. The quantitative estimate of drug-likeness (QED) is 0.747. The maximum atomic E-state index is 13.1. The zero-order valence-corrected chi connectivity index (χ0v) is 18.2. The van der Waals surface area contributed by atoms with Crippen molar-refractivity contribution in [3.63, 3.8) is 0 Å². The third-order valence-electron chi connectivity index (χ3n) is 8.52. The number of hydrogen-bond donors (Lipinski definition) is 1. The van der Waals surface area contributed by atoms with Gasteiger partial charge in [-0.2, -0.15) is 0 Å². The van der Waals surface area contributed by atoms with Gasteiger partial charge in [-0.3, -0.25) is 4.90 Å². The highest BCUT2D eigenvalue weighted by Gasteiger charge is 2.61. The molecule has 0 amide bonds. The van der Waals surface area contributed by atoms with Crippen molar-refractivity contribution in [2.45, 2.75) is 58.7 Å². The van der Waals surface area contributed by atoms with Crippen LogP contribution >= 0.6 is 0 Å². The van der Waals surface area contributed by atoms with Crippen molar-refractivity contribution in [3.8, 4) is 0 Å². The molecule has 4 atom stereocenters. The van der Waals surface area contributed by atoms with Crippen LogP contribution in [0.4, 0.5) is 10.1 Å². The smallest absolute Gasteiger partial charge is 0.123 e. The van der Waals surface area contributed by atoms with E-state index < -0.39 is 0 Å². The number of halogens is 1. The highest BCUT2D eigenvalue weighted by Crippen LogP contribution is 2.66. The molecule has 1 aliphatic heterocycles. The molecule has 2 aliphatic carbocycles. The van der Waals surface area contributed by atoms with E-state index in [0.717, 1.165) is 37.8 Å². The minimum atomic E-state index is -0.341. The van der Waals surface area contributed by atoms with Gasteiger partial charge in [0.2, 0.25) is 0 Å². The van der Waals surface area contributed by atoms with Crippen LogP contribution < -0.4 is 4.90 Å². The van der Waals surface area contributed by atoms with Gasteiger partial charge in [0.25, 0.3) is 0 Å². The van der Waals surface area contributed by atoms with Gasteiger partial charge in [-0.05, 0) is 66.7 Å². The van der Waals surface area contributed by atoms with Gasteiger partial charge in [-0.15, -0.1) is 0 Å². The van der Waals surface area contributed by atoms with Crippen LogP contribution in [0.5, 0.6) is 0 Å². The maximum absolute atomic E-state index is 13.1. The Kier molecular flexibility index (Phi) is 5.93. The molecule has 1 heterocycles. The van der Waals surface area contributed by atoms with Gasteiger partial charge < -0.3 is 14.7 Å². The number of anilines is 1. The number of aliphatic hydroxyl groups is 1. The monoisotopic (exact) mass is 404 g/mol. The molecule has 0 radical (unpaired) electrons. The maximum Gasteiger partial charge on any atom is 0.123 e. The first-order valence-corrected chi connectivity index (χ1v) is 11.3. The molecular weight excluding hydrogens is 367 g/mol. The summed E-state index contributed by atoms with van der Waals surface area (Å²) in [5.74, 6) is 0.598. The second-order valence-electron chi connectivity index (χ2n) is 10.2. The Hall–Kier alpha value is -1.17. The van der Waals surface area contributed by atoms with Crippen LogP contribution in [0.15, 0.2) is 24.3 Å². The van der Waals surface area contributed by atoms with Gasteiger partial charge >= 0.3 is 0 Å². The third kappa shape index (κ3) is 4.06. The lowest BCUT2D eigenvalue weighted by Gasteiger charge is -2.39. The zero-order valence-electron chi connectivity index (χ0n) is 18.2. The molecule has 1 aromatic carbocycles. The molecule has 2 bridgehead atoms. The van der Waals surface area contributed by atoms with Crippen LogP contribution in [0.1, 0.15) is 46.5 Å². The Labute approximate surface area is 175 Å². The van der Waals surface area contributed by atoms with Gasteiger partial charge in [0.05, 0.1) is 12.2 Å². The van der Waals surface area contributed by atoms with E-state index in [1.54, 1.807) is 0 Å². The fourth-order valence-electron chi connectivity index (χ4n) is 5.96. The average Bonchev–Trinajstić information content (AvgIpc) is 3.03. The number of aliphatic hydroxyl groups excluding tert-OH is 1. The largest absolute Gasteiger partial charge is 0.392 e.